The quantitative estimate of drug-likeness (QED) is 0.426. The van der Waals surface area contributed by atoms with Gasteiger partial charge in [0.25, 0.3) is 0 Å². The van der Waals surface area contributed by atoms with Crippen molar-refractivity contribution >= 4 is 16.9 Å². The second kappa shape index (κ2) is 9.02. The third-order valence-corrected chi connectivity index (χ3v) is 5.16. The standard InChI is InChI=1S/C25H23FN2O3/c1-30-25(29)13-18-4-2-3-5-24(18)31-15-17-10-22(21-6-7-28-23(21)11-17)19-8-16(14-27)9-20(26)12-19/h2-12,28H,13-15,27H2,1H3. The molecule has 158 valence electrons. The van der Waals surface area contributed by atoms with E-state index in [1.54, 1.807) is 0 Å². The Hall–Kier alpha value is -3.64. The molecule has 5 nitrogen and oxygen atoms in total. The molecule has 0 saturated heterocycles. The zero-order valence-corrected chi connectivity index (χ0v) is 17.2. The molecule has 3 N–H and O–H groups in total. The van der Waals surface area contributed by atoms with Crippen LogP contribution in [0.15, 0.2) is 66.9 Å². The van der Waals surface area contributed by atoms with E-state index in [1.165, 1.54) is 19.2 Å². The molecule has 0 aliphatic heterocycles. The lowest BCUT2D eigenvalue weighted by atomic mass is 9.97. The largest absolute Gasteiger partial charge is 0.489 e. The zero-order valence-electron chi connectivity index (χ0n) is 17.2. The van der Waals surface area contributed by atoms with Gasteiger partial charge in [0.15, 0.2) is 0 Å². The maximum absolute atomic E-state index is 14.1. The number of ether oxygens (including phenoxy) is 2. The van der Waals surface area contributed by atoms with Crippen molar-refractivity contribution in [1.29, 1.82) is 0 Å². The summed E-state index contributed by atoms with van der Waals surface area (Å²) in [6, 6.07) is 18.2. The average Bonchev–Trinajstić information content (AvgIpc) is 3.26. The first kappa shape index (κ1) is 20.6. The van der Waals surface area contributed by atoms with Crippen LogP contribution in [0.3, 0.4) is 0 Å². The molecule has 0 amide bonds. The second-order valence-corrected chi connectivity index (χ2v) is 7.28. The average molecular weight is 418 g/mol. The van der Waals surface area contributed by atoms with Crippen LogP contribution in [-0.4, -0.2) is 18.1 Å². The Morgan fingerprint density at radius 3 is 2.71 bits per heavy atom. The monoisotopic (exact) mass is 418 g/mol. The summed E-state index contributed by atoms with van der Waals surface area (Å²) < 4.78 is 25.0. The summed E-state index contributed by atoms with van der Waals surface area (Å²) >= 11 is 0. The number of benzene rings is 3. The van der Waals surface area contributed by atoms with Crippen molar-refractivity contribution in [1.82, 2.24) is 4.98 Å². The molecule has 0 bridgehead atoms. The molecule has 4 aromatic rings. The minimum Gasteiger partial charge on any atom is -0.489 e. The molecule has 0 radical (unpaired) electrons. The maximum Gasteiger partial charge on any atom is 0.310 e. The first-order valence-electron chi connectivity index (χ1n) is 9.95. The minimum absolute atomic E-state index is 0.138. The molecule has 6 heteroatoms. The number of carbonyl (C=O) groups excluding carboxylic acids is 1. The number of esters is 1. The predicted octanol–water partition coefficient (Wildman–Crippen LogP) is 4.73. The molecule has 0 unspecified atom stereocenters. The summed E-state index contributed by atoms with van der Waals surface area (Å²) in [6.07, 6.45) is 1.99. The van der Waals surface area contributed by atoms with Crippen molar-refractivity contribution in [2.45, 2.75) is 19.6 Å². The molecular weight excluding hydrogens is 395 g/mol. The molecule has 1 heterocycles. The number of rotatable bonds is 7. The van der Waals surface area contributed by atoms with Gasteiger partial charge in [-0.05, 0) is 64.7 Å². The van der Waals surface area contributed by atoms with Crippen LogP contribution in [0.25, 0.3) is 22.0 Å². The lowest BCUT2D eigenvalue weighted by Crippen LogP contribution is -2.07. The van der Waals surface area contributed by atoms with Crippen molar-refractivity contribution in [3.63, 3.8) is 0 Å². The van der Waals surface area contributed by atoms with Crippen LogP contribution < -0.4 is 10.5 Å². The van der Waals surface area contributed by atoms with Crippen LogP contribution in [0.5, 0.6) is 5.75 Å². The molecule has 0 spiro atoms. The second-order valence-electron chi connectivity index (χ2n) is 7.28. The van der Waals surface area contributed by atoms with Gasteiger partial charge in [-0.25, -0.2) is 4.39 Å². The van der Waals surface area contributed by atoms with E-state index < -0.39 is 0 Å². The Labute approximate surface area is 179 Å². The van der Waals surface area contributed by atoms with Crippen LogP contribution in [0.1, 0.15) is 16.7 Å². The lowest BCUT2D eigenvalue weighted by Gasteiger charge is -2.13. The van der Waals surface area contributed by atoms with E-state index in [9.17, 15) is 9.18 Å². The molecule has 0 aliphatic carbocycles. The highest BCUT2D eigenvalue weighted by Gasteiger charge is 2.12. The number of carbonyl (C=O) groups is 1. The Morgan fingerprint density at radius 2 is 1.90 bits per heavy atom. The van der Waals surface area contributed by atoms with E-state index in [2.05, 4.69) is 4.98 Å². The smallest absolute Gasteiger partial charge is 0.310 e. The van der Waals surface area contributed by atoms with Crippen LogP contribution >= 0.6 is 0 Å². The van der Waals surface area contributed by atoms with Crippen LogP contribution in [0.4, 0.5) is 4.39 Å². The minimum atomic E-state index is -0.326. The fourth-order valence-electron chi connectivity index (χ4n) is 3.65. The molecule has 1 aromatic heterocycles. The third-order valence-electron chi connectivity index (χ3n) is 5.16. The zero-order chi connectivity index (χ0) is 21.8. The normalized spacial score (nSPS) is 10.9. The maximum atomic E-state index is 14.1. The number of para-hydroxylation sites is 1. The first-order valence-corrected chi connectivity index (χ1v) is 9.95. The summed E-state index contributed by atoms with van der Waals surface area (Å²) in [4.78, 5) is 14.9. The Balaban J connectivity index is 1.67. The number of hydrogen-bond donors (Lipinski definition) is 2. The number of aromatic amines is 1. The number of hydrogen-bond acceptors (Lipinski definition) is 4. The van der Waals surface area contributed by atoms with Crippen molar-refractivity contribution in [2.75, 3.05) is 7.11 Å². The topological polar surface area (TPSA) is 77.3 Å². The fourth-order valence-corrected chi connectivity index (χ4v) is 3.65. The summed E-state index contributed by atoms with van der Waals surface area (Å²) in [6.45, 7) is 0.556. The van der Waals surface area contributed by atoms with Crippen molar-refractivity contribution in [3.05, 3.63) is 89.4 Å². The number of halogens is 1. The number of methoxy groups -OCH3 is 1. The summed E-state index contributed by atoms with van der Waals surface area (Å²) in [7, 11) is 1.36. The highest BCUT2D eigenvalue weighted by molar-refractivity contribution is 5.95. The molecule has 0 fully saturated rings. The van der Waals surface area contributed by atoms with E-state index in [-0.39, 0.29) is 24.8 Å². The lowest BCUT2D eigenvalue weighted by molar-refractivity contribution is -0.139. The molecule has 0 aliphatic rings. The van der Waals surface area contributed by atoms with Crippen molar-refractivity contribution in [2.24, 2.45) is 5.73 Å². The van der Waals surface area contributed by atoms with Gasteiger partial charge >= 0.3 is 5.97 Å². The van der Waals surface area contributed by atoms with Gasteiger partial charge in [0.2, 0.25) is 0 Å². The fraction of sp³-hybridized carbons (Fsp3) is 0.160. The third kappa shape index (κ3) is 4.59. The molecule has 0 saturated carbocycles. The van der Waals surface area contributed by atoms with Gasteiger partial charge in [-0.2, -0.15) is 0 Å². The van der Waals surface area contributed by atoms with E-state index >= 15 is 0 Å². The molecular formula is C25H23FN2O3. The van der Waals surface area contributed by atoms with Gasteiger partial charge in [0.1, 0.15) is 18.2 Å². The van der Waals surface area contributed by atoms with Crippen LogP contribution in [0.2, 0.25) is 0 Å². The summed E-state index contributed by atoms with van der Waals surface area (Å²) in [5, 5.41) is 0.989. The van der Waals surface area contributed by atoms with Crippen molar-refractivity contribution in [3.8, 4) is 16.9 Å². The van der Waals surface area contributed by atoms with Gasteiger partial charge in [-0.3, -0.25) is 4.79 Å². The molecule has 3 aromatic carbocycles. The van der Waals surface area contributed by atoms with Gasteiger partial charge in [-0.1, -0.05) is 18.2 Å². The van der Waals surface area contributed by atoms with Gasteiger partial charge < -0.3 is 20.2 Å². The number of nitrogens with one attached hydrogen (secondary N) is 1. The highest BCUT2D eigenvalue weighted by atomic mass is 19.1. The number of aromatic nitrogens is 1. The Kier molecular flexibility index (Phi) is 6.00. The first-order chi connectivity index (χ1) is 15.1. The number of fused-ring (bicyclic) bond motifs is 1. The Morgan fingerprint density at radius 1 is 1.06 bits per heavy atom. The van der Waals surface area contributed by atoms with E-state index in [4.69, 9.17) is 15.2 Å². The van der Waals surface area contributed by atoms with Crippen molar-refractivity contribution < 1.29 is 18.7 Å². The van der Waals surface area contributed by atoms with E-state index in [0.29, 0.717) is 12.4 Å². The predicted molar refractivity (Wildman–Crippen MR) is 118 cm³/mol. The number of H-pyrrole nitrogens is 1. The van der Waals surface area contributed by atoms with Gasteiger partial charge in [0.05, 0.1) is 13.5 Å². The van der Waals surface area contributed by atoms with E-state index in [0.717, 1.165) is 38.7 Å². The van der Waals surface area contributed by atoms with Gasteiger partial charge in [0, 0.05) is 29.2 Å². The summed E-state index contributed by atoms with van der Waals surface area (Å²) in [5.41, 5.74) is 10.7. The molecule has 0 atom stereocenters. The molecule has 31 heavy (non-hydrogen) atoms. The Bertz CT molecular complexity index is 1230. The van der Waals surface area contributed by atoms with Gasteiger partial charge in [-0.15, -0.1) is 0 Å². The van der Waals surface area contributed by atoms with E-state index in [1.807, 2.05) is 54.7 Å². The summed E-state index contributed by atoms with van der Waals surface area (Å²) in [5.74, 6) is -0.0230. The highest BCUT2D eigenvalue weighted by Crippen LogP contribution is 2.32. The van der Waals surface area contributed by atoms with Crippen LogP contribution in [-0.2, 0) is 29.1 Å². The van der Waals surface area contributed by atoms with Crippen LogP contribution in [0, 0.1) is 5.82 Å². The number of nitrogens with two attached hydrogens (primary N) is 1. The molecule has 4 rings (SSSR count). The SMILES string of the molecule is COC(=O)Cc1ccccc1OCc1cc(-c2cc(F)cc(CN)c2)c2cc[nH]c2c1.